The molecule has 5 nitrogen and oxygen atoms in total. The summed E-state index contributed by atoms with van der Waals surface area (Å²) in [5.41, 5.74) is 1.80. The van der Waals surface area contributed by atoms with Crippen LogP contribution in [-0.4, -0.2) is 37.5 Å². The lowest BCUT2D eigenvalue weighted by atomic mass is 10.1. The lowest BCUT2D eigenvalue weighted by Crippen LogP contribution is -2.22. The molecular weight excluding hydrogens is 376 g/mol. The van der Waals surface area contributed by atoms with Crippen LogP contribution >= 0.6 is 15.9 Å². The van der Waals surface area contributed by atoms with Gasteiger partial charge in [-0.3, -0.25) is 4.79 Å². The summed E-state index contributed by atoms with van der Waals surface area (Å²) in [6.07, 6.45) is 2.01. The number of hydrogen-bond donors (Lipinski definition) is 0. The van der Waals surface area contributed by atoms with E-state index in [1.54, 1.807) is 6.20 Å². The Morgan fingerprint density at radius 1 is 1.35 bits per heavy atom. The molecule has 0 unspecified atom stereocenters. The Bertz CT molecular complexity index is 694. The molecule has 0 bridgehead atoms. The number of nitrogens with zero attached hydrogens (tertiary/aromatic N) is 2. The van der Waals surface area contributed by atoms with Crippen LogP contribution in [0.15, 0.2) is 22.8 Å². The van der Waals surface area contributed by atoms with Gasteiger partial charge in [-0.05, 0) is 23.7 Å². The van der Waals surface area contributed by atoms with Crippen molar-refractivity contribution in [2.45, 2.75) is 38.8 Å². The number of esters is 1. The van der Waals surface area contributed by atoms with Gasteiger partial charge in [-0.15, -0.1) is 0 Å². The lowest BCUT2D eigenvalue weighted by Gasteiger charge is -2.15. The second kappa shape index (κ2) is 7.59. The highest BCUT2D eigenvalue weighted by atomic mass is 79.9. The normalized spacial score (nSPS) is 11.9. The predicted molar refractivity (Wildman–Crippen MR) is 97.3 cm³/mol. The highest BCUT2D eigenvalue weighted by Crippen LogP contribution is 2.25. The fourth-order valence-electron chi connectivity index (χ4n) is 2.27. The van der Waals surface area contributed by atoms with Gasteiger partial charge in [-0.2, -0.15) is 5.10 Å². The van der Waals surface area contributed by atoms with E-state index in [4.69, 9.17) is 9.47 Å². The fourth-order valence-corrected chi connectivity index (χ4v) is 3.55. The molecule has 0 spiro atoms. The molecule has 0 atom stereocenters. The first-order valence-electron chi connectivity index (χ1n) is 7.58. The molecule has 126 valence electrons. The average Bonchev–Trinajstić information content (AvgIpc) is 2.85. The van der Waals surface area contributed by atoms with Crippen LogP contribution in [0.4, 0.5) is 0 Å². The third-order valence-electron chi connectivity index (χ3n) is 3.55. The van der Waals surface area contributed by atoms with E-state index in [9.17, 15) is 4.79 Å². The topological polar surface area (TPSA) is 53.3 Å². The molecule has 0 fully saturated rings. The summed E-state index contributed by atoms with van der Waals surface area (Å²) in [6, 6.07) is 5.04. The van der Waals surface area contributed by atoms with Crippen molar-refractivity contribution in [2.24, 2.45) is 0 Å². The van der Waals surface area contributed by atoms with E-state index in [-0.39, 0.29) is 12.4 Å². The summed E-state index contributed by atoms with van der Waals surface area (Å²) in [7, 11) is 0.297. The molecule has 0 N–H and O–H groups in total. The van der Waals surface area contributed by atoms with Crippen LogP contribution in [0.3, 0.4) is 0 Å². The molecule has 2 aromatic rings. The zero-order valence-corrected chi connectivity index (χ0v) is 16.6. The van der Waals surface area contributed by atoms with E-state index in [2.05, 4.69) is 40.7 Å². The van der Waals surface area contributed by atoms with Gasteiger partial charge >= 0.3 is 5.97 Å². The lowest BCUT2D eigenvalue weighted by molar-refractivity contribution is -0.139. The van der Waals surface area contributed by atoms with Gasteiger partial charge in [-0.1, -0.05) is 35.6 Å². The molecule has 0 amide bonds. The first kappa shape index (κ1) is 18.2. The van der Waals surface area contributed by atoms with E-state index in [0.717, 1.165) is 33.6 Å². The number of rotatable bonds is 7. The largest absolute Gasteiger partial charge is 0.469 e. The van der Waals surface area contributed by atoms with Crippen molar-refractivity contribution < 1.29 is 14.3 Å². The van der Waals surface area contributed by atoms with Crippen LogP contribution < -0.4 is 0 Å². The van der Waals surface area contributed by atoms with Crippen molar-refractivity contribution in [1.29, 1.82) is 0 Å². The number of fused-ring (bicyclic) bond motifs is 1. The first-order valence-corrected chi connectivity index (χ1v) is 12.1. The smallest absolute Gasteiger partial charge is 0.310 e. The van der Waals surface area contributed by atoms with Crippen LogP contribution in [0.25, 0.3) is 10.9 Å². The SMILES string of the molecule is COC(=O)Cc1cc(Br)cc2cnn(COCC[Si](C)(C)C)c12. The zero-order chi connectivity index (χ0) is 17.0. The minimum absolute atomic E-state index is 0.215. The Morgan fingerprint density at radius 2 is 2.09 bits per heavy atom. The number of aromatic nitrogens is 2. The van der Waals surface area contributed by atoms with E-state index < -0.39 is 8.07 Å². The molecule has 0 aliphatic heterocycles. The van der Waals surface area contributed by atoms with Crippen molar-refractivity contribution in [3.05, 3.63) is 28.4 Å². The number of benzene rings is 1. The van der Waals surface area contributed by atoms with Crippen LogP contribution in [0, 0.1) is 0 Å². The monoisotopic (exact) mass is 398 g/mol. The molecule has 0 radical (unpaired) electrons. The maximum absolute atomic E-state index is 11.6. The molecule has 0 saturated carbocycles. The molecule has 1 aromatic heterocycles. The van der Waals surface area contributed by atoms with E-state index in [1.807, 2.05) is 16.8 Å². The standard InChI is InChI=1S/C16H23BrN2O3Si/c1-21-15(20)9-12-7-14(17)8-13-10-18-19(16(12)13)11-22-5-6-23(2,3)4/h7-8,10H,5-6,9,11H2,1-4H3. The van der Waals surface area contributed by atoms with Gasteiger partial charge in [-0.25, -0.2) is 4.68 Å². The number of ether oxygens (including phenoxy) is 2. The second-order valence-corrected chi connectivity index (χ2v) is 13.3. The van der Waals surface area contributed by atoms with Gasteiger partial charge in [0.1, 0.15) is 6.73 Å². The van der Waals surface area contributed by atoms with Gasteiger partial charge in [0.25, 0.3) is 0 Å². The highest BCUT2D eigenvalue weighted by molar-refractivity contribution is 9.10. The third kappa shape index (κ3) is 5.15. The maximum Gasteiger partial charge on any atom is 0.310 e. The minimum atomic E-state index is -1.10. The molecular formula is C16H23BrN2O3Si. The highest BCUT2D eigenvalue weighted by Gasteiger charge is 2.15. The summed E-state index contributed by atoms with van der Waals surface area (Å²) in [4.78, 5) is 11.6. The Kier molecular flexibility index (Phi) is 5.99. The average molecular weight is 399 g/mol. The quantitative estimate of drug-likeness (QED) is 0.404. The predicted octanol–water partition coefficient (Wildman–Crippen LogP) is 3.83. The van der Waals surface area contributed by atoms with Crippen LogP contribution in [0.2, 0.25) is 25.7 Å². The summed E-state index contributed by atoms with van der Waals surface area (Å²) >= 11 is 3.47. The van der Waals surface area contributed by atoms with Gasteiger partial charge in [0.05, 0.1) is 25.2 Å². The number of hydrogen-bond acceptors (Lipinski definition) is 4. The summed E-state index contributed by atoms with van der Waals surface area (Å²) in [5, 5.41) is 5.37. The van der Waals surface area contributed by atoms with E-state index in [1.165, 1.54) is 7.11 Å². The first-order chi connectivity index (χ1) is 10.8. The van der Waals surface area contributed by atoms with Gasteiger partial charge in [0.15, 0.2) is 0 Å². The van der Waals surface area contributed by atoms with Crippen molar-refractivity contribution in [3.63, 3.8) is 0 Å². The van der Waals surface area contributed by atoms with Crippen LogP contribution in [0.1, 0.15) is 5.56 Å². The number of carbonyl (C=O) groups is 1. The van der Waals surface area contributed by atoms with Crippen molar-refractivity contribution >= 4 is 40.9 Å². The van der Waals surface area contributed by atoms with Crippen molar-refractivity contribution in [2.75, 3.05) is 13.7 Å². The molecule has 0 aliphatic carbocycles. The number of carbonyl (C=O) groups excluding carboxylic acids is 1. The summed E-state index contributed by atoms with van der Waals surface area (Å²) in [6.45, 7) is 8.10. The number of methoxy groups -OCH3 is 1. The van der Waals surface area contributed by atoms with Gasteiger partial charge in [0.2, 0.25) is 0 Å². The minimum Gasteiger partial charge on any atom is -0.469 e. The van der Waals surface area contributed by atoms with Crippen LogP contribution in [0.5, 0.6) is 0 Å². The molecule has 0 aliphatic rings. The van der Waals surface area contributed by atoms with Gasteiger partial charge in [0, 0.05) is 24.5 Å². The molecule has 1 aromatic carbocycles. The maximum atomic E-state index is 11.6. The molecule has 1 heterocycles. The molecule has 7 heteroatoms. The Hall–Kier alpha value is -1.18. The van der Waals surface area contributed by atoms with Crippen LogP contribution in [-0.2, 0) is 27.4 Å². The van der Waals surface area contributed by atoms with Crippen molar-refractivity contribution in [1.82, 2.24) is 9.78 Å². The van der Waals surface area contributed by atoms with E-state index >= 15 is 0 Å². The Morgan fingerprint density at radius 3 is 2.74 bits per heavy atom. The second-order valence-electron chi connectivity index (χ2n) is 6.75. The number of halogens is 1. The Balaban J connectivity index is 2.18. The van der Waals surface area contributed by atoms with Crippen molar-refractivity contribution in [3.8, 4) is 0 Å². The Labute approximate surface area is 146 Å². The van der Waals surface area contributed by atoms with Gasteiger partial charge < -0.3 is 9.47 Å². The fraction of sp³-hybridized carbons (Fsp3) is 0.500. The third-order valence-corrected chi connectivity index (χ3v) is 5.71. The van der Waals surface area contributed by atoms with E-state index in [0.29, 0.717) is 6.73 Å². The molecule has 0 saturated heterocycles. The molecule has 23 heavy (non-hydrogen) atoms. The zero-order valence-electron chi connectivity index (χ0n) is 14.1. The molecule has 2 rings (SSSR count). The summed E-state index contributed by atoms with van der Waals surface area (Å²) < 4.78 is 13.3. The summed E-state index contributed by atoms with van der Waals surface area (Å²) in [5.74, 6) is -0.267.